The van der Waals surface area contributed by atoms with Crippen LogP contribution in [0.1, 0.15) is 18.4 Å². The Morgan fingerprint density at radius 1 is 0.808 bits per heavy atom. The van der Waals surface area contributed by atoms with Crippen molar-refractivity contribution in [1.29, 1.82) is 0 Å². The molecule has 128 valence electrons. The monoisotopic (exact) mass is 338 g/mol. The van der Waals surface area contributed by atoms with E-state index in [0.29, 0.717) is 0 Å². The summed E-state index contributed by atoms with van der Waals surface area (Å²) in [6.07, 6.45) is 8.73. The van der Waals surface area contributed by atoms with Crippen molar-refractivity contribution in [2.75, 3.05) is 11.1 Å². The molecule has 3 aromatic rings. The van der Waals surface area contributed by atoms with Crippen molar-refractivity contribution in [2.24, 2.45) is 0 Å². The lowest BCUT2D eigenvalue weighted by Crippen LogP contribution is -1.98. The van der Waals surface area contributed by atoms with Crippen LogP contribution in [0.5, 0.6) is 0 Å². The second-order valence-corrected chi connectivity index (χ2v) is 6.54. The molecule has 0 aromatic heterocycles. The van der Waals surface area contributed by atoms with Crippen LogP contribution >= 0.6 is 0 Å². The van der Waals surface area contributed by atoms with Crippen molar-refractivity contribution in [2.45, 2.75) is 12.8 Å². The summed E-state index contributed by atoms with van der Waals surface area (Å²) in [5, 5.41) is 3.54. The number of hydrogen-bond donors (Lipinski definition) is 2. The zero-order valence-electron chi connectivity index (χ0n) is 14.7. The minimum atomic E-state index is 0.761. The molecule has 0 aliphatic heterocycles. The van der Waals surface area contributed by atoms with E-state index < -0.39 is 0 Å². The summed E-state index contributed by atoms with van der Waals surface area (Å²) in [6.45, 7) is 0. The van der Waals surface area contributed by atoms with Gasteiger partial charge in [0, 0.05) is 22.6 Å². The van der Waals surface area contributed by atoms with Gasteiger partial charge in [0.1, 0.15) is 0 Å². The molecule has 0 bridgehead atoms. The molecule has 0 spiro atoms. The van der Waals surface area contributed by atoms with E-state index in [1.807, 2.05) is 24.3 Å². The van der Waals surface area contributed by atoms with E-state index in [0.717, 1.165) is 29.9 Å². The van der Waals surface area contributed by atoms with E-state index in [-0.39, 0.29) is 0 Å². The van der Waals surface area contributed by atoms with Crippen LogP contribution in [-0.4, -0.2) is 0 Å². The van der Waals surface area contributed by atoms with Crippen molar-refractivity contribution >= 4 is 22.6 Å². The highest BCUT2D eigenvalue weighted by molar-refractivity contribution is 5.84. The first kappa shape index (κ1) is 16.2. The number of allylic oxidation sites excluding steroid dienone is 4. The molecule has 0 atom stereocenters. The Morgan fingerprint density at radius 3 is 2.46 bits per heavy atom. The van der Waals surface area contributed by atoms with Gasteiger partial charge in [-0.2, -0.15) is 0 Å². The first-order valence-electron chi connectivity index (χ1n) is 8.98. The van der Waals surface area contributed by atoms with Gasteiger partial charge in [-0.1, -0.05) is 60.7 Å². The highest BCUT2D eigenvalue weighted by Gasteiger charge is 2.11. The number of nitrogens with two attached hydrogens (primary N) is 1. The van der Waals surface area contributed by atoms with E-state index in [9.17, 15) is 0 Å². The average molecular weight is 338 g/mol. The predicted octanol–water partition coefficient (Wildman–Crippen LogP) is 6.41. The van der Waals surface area contributed by atoms with Crippen LogP contribution in [0.4, 0.5) is 17.1 Å². The normalized spacial score (nSPS) is 13.3. The van der Waals surface area contributed by atoms with Crippen LogP contribution in [0.25, 0.3) is 16.7 Å². The Morgan fingerprint density at radius 2 is 1.69 bits per heavy atom. The Bertz CT molecular complexity index is 969. The van der Waals surface area contributed by atoms with Crippen molar-refractivity contribution in [1.82, 2.24) is 0 Å². The summed E-state index contributed by atoms with van der Waals surface area (Å²) >= 11 is 0. The Hall–Kier alpha value is -3.26. The Balaban J connectivity index is 1.77. The van der Waals surface area contributed by atoms with E-state index in [2.05, 4.69) is 72.1 Å². The maximum atomic E-state index is 5.93. The molecule has 0 saturated heterocycles. The number of hydrogen-bond acceptors (Lipinski definition) is 2. The van der Waals surface area contributed by atoms with Crippen molar-refractivity contribution in [3.8, 4) is 11.1 Å². The molecule has 1 aliphatic rings. The zero-order chi connectivity index (χ0) is 17.8. The van der Waals surface area contributed by atoms with Crippen LogP contribution in [0, 0.1) is 0 Å². The number of nitrogen functional groups attached to an aromatic ring is 1. The summed E-state index contributed by atoms with van der Waals surface area (Å²) in [4.78, 5) is 0. The van der Waals surface area contributed by atoms with E-state index in [1.165, 1.54) is 22.3 Å². The molecule has 1 aliphatic carbocycles. The lowest BCUT2D eigenvalue weighted by Gasteiger charge is -2.18. The minimum Gasteiger partial charge on any atom is -0.399 e. The smallest absolute Gasteiger partial charge is 0.0461 e. The summed E-state index contributed by atoms with van der Waals surface area (Å²) < 4.78 is 0. The number of anilines is 3. The third kappa shape index (κ3) is 3.55. The lowest BCUT2D eigenvalue weighted by molar-refractivity contribution is 1.05. The molecule has 2 nitrogen and oxygen atoms in total. The van der Waals surface area contributed by atoms with Crippen LogP contribution in [0.15, 0.2) is 91.0 Å². The van der Waals surface area contributed by atoms with E-state index in [1.54, 1.807) is 0 Å². The van der Waals surface area contributed by atoms with Crippen LogP contribution < -0.4 is 11.1 Å². The largest absolute Gasteiger partial charge is 0.399 e. The van der Waals surface area contributed by atoms with Gasteiger partial charge in [-0.3, -0.25) is 0 Å². The predicted molar refractivity (Wildman–Crippen MR) is 112 cm³/mol. The van der Waals surface area contributed by atoms with Crippen LogP contribution in [0.3, 0.4) is 0 Å². The van der Waals surface area contributed by atoms with Gasteiger partial charge < -0.3 is 11.1 Å². The summed E-state index contributed by atoms with van der Waals surface area (Å²) in [6, 6.07) is 25.0. The number of rotatable bonds is 4. The zero-order valence-corrected chi connectivity index (χ0v) is 14.7. The fraction of sp³-hybridized carbons (Fsp3) is 0.0833. The topological polar surface area (TPSA) is 38.0 Å². The van der Waals surface area contributed by atoms with Crippen molar-refractivity contribution < 1.29 is 0 Å². The Labute approximate surface area is 154 Å². The molecule has 26 heavy (non-hydrogen) atoms. The third-order valence-corrected chi connectivity index (χ3v) is 4.65. The second kappa shape index (κ2) is 7.32. The standard InChI is InChI=1S/C24H22N2/c25-21-12-7-13-22(17-21)26-24-15-14-20(18-8-3-1-4-9-18)16-23(24)19-10-5-2-6-11-19/h1-5,7-10,12-17,26H,6,11,25H2. The highest BCUT2D eigenvalue weighted by Crippen LogP contribution is 2.35. The van der Waals surface area contributed by atoms with Crippen LogP contribution in [-0.2, 0) is 0 Å². The van der Waals surface area contributed by atoms with Gasteiger partial charge >= 0.3 is 0 Å². The van der Waals surface area contributed by atoms with E-state index in [4.69, 9.17) is 5.73 Å². The first-order chi connectivity index (χ1) is 12.8. The fourth-order valence-corrected chi connectivity index (χ4v) is 3.33. The number of benzene rings is 3. The average Bonchev–Trinajstić information content (AvgIpc) is 2.70. The summed E-state index contributed by atoms with van der Waals surface area (Å²) in [7, 11) is 0. The molecule has 0 fully saturated rings. The first-order valence-corrected chi connectivity index (χ1v) is 8.98. The van der Waals surface area contributed by atoms with Gasteiger partial charge in [0.2, 0.25) is 0 Å². The second-order valence-electron chi connectivity index (χ2n) is 6.54. The maximum absolute atomic E-state index is 5.93. The molecule has 4 rings (SSSR count). The molecule has 0 saturated carbocycles. The molecule has 0 radical (unpaired) electrons. The minimum absolute atomic E-state index is 0.761. The van der Waals surface area contributed by atoms with E-state index >= 15 is 0 Å². The van der Waals surface area contributed by atoms with Gasteiger partial charge in [-0.05, 0) is 59.9 Å². The third-order valence-electron chi connectivity index (χ3n) is 4.65. The number of nitrogens with one attached hydrogen (secondary N) is 1. The summed E-state index contributed by atoms with van der Waals surface area (Å²) in [5.74, 6) is 0. The van der Waals surface area contributed by atoms with Crippen molar-refractivity contribution in [3.05, 3.63) is 96.6 Å². The quantitative estimate of drug-likeness (QED) is 0.539. The fourth-order valence-electron chi connectivity index (χ4n) is 3.33. The van der Waals surface area contributed by atoms with Gasteiger partial charge in [-0.25, -0.2) is 0 Å². The van der Waals surface area contributed by atoms with Crippen LogP contribution in [0.2, 0.25) is 0 Å². The SMILES string of the molecule is Nc1cccc(Nc2ccc(-c3ccccc3)cc2C2=CC=CCC2)c1. The lowest BCUT2D eigenvalue weighted by atomic mass is 9.92. The molecule has 3 N–H and O–H groups in total. The molecular weight excluding hydrogens is 316 g/mol. The molecule has 0 amide bonds. The Kier molecular flexibility index (Phi) is 4.57. The van der Waals surface area contributed by atoms with Gasteiger partial charge in [0.25, 0.3) is 0 Å². The molecule has 0 unspecified atom stereocenters. The maximum Gasteiger partial charge on any atom is 0.0461 e. The highest BCUT2D eigenvalue weighted by atomic mass is 14.9. The molecule has 3 aromatic carbocycles. The molecule has 0 heterocycles. The van der Waals surface area contributed by atoms with Gasteiger partial charge in [-0.15, -0.1) is 0 Å². The molecular formula is C24H22N2. The van der Waals surface area contributed by atoms with Crippen molar-refractivity contribution in [3.63, 3.8) is 0 Å². The van der Waals surface area contributed by atoms with Gasteiger partial charge in [0.15, 0.2) is 0 Å². The summed E-state index contributed by atoms with van der Waals surface area (Å²) in [5.41, 5.74) is 13.9. The molecule has 2 heteroatoms. The van der Waals surface area contributed by atoms with Gasteiger partial charge in [0.05, 0.1) is 0 Å².